The summed E-state index contributed by atoms with van der Waals surface area (Å²) in [7, 11) is 1.71. The van der Waals surface area contributed by atoms with E-state index >= 15 is 0 Å². The highest BCUT2D eigenvalue weighted by Gasteiger charge is 2.23. The van der Waals surface area contributed by atoms with Gasteiger partial charge in [0.05, 0.1) is 6.54 Å². The molecule has 0 unspecified atom stereocenters. The van der Waals surface area contributed by atoms with E-state index in [-0.39, 0.29) is 5.91 Å². The summed E-state index contributed by atoms with van der Waals surface area (Å²) in [5.41, 5.74) is 2.64. The second-order valence-electron chi connectivity index (χ2n) is 8.28. The van der Waals surface area contributed by atoms with E-state index in [1.165, 1.54) is 37.1 Å². The first-order valence-electron chi connectivity index (χ1n) is 11.2. The van der Waals surface area contributed by atoms with Gasteiger partial charge in [-0.05, 0) is 62.7 Å². The number of hydrogen-bond acceptors (Lipinski definition) is 3. The zero-order chi connectivity index (χ0) is 20.5. The van der Waals surface area contributed by atoms with Crippen LogP contribution < -0.4 is 10.6 Å². The van der Waals surface area contributed by atoms with Gasteiger partial charge in [0.1, 0.15) is 0 Å². The Bertz CT molecular complexity index is 658. The summed E-state index contributed by atoms with van der Waals surface area (Å²) in [6.07, 6.45) is 5.40. The Balaban J connectivity index is 1.51. The molecule has 2 aliphatic rings. The summed E-state index contributed by atoms with van der Waals surface area (Å²) in [6, 6.07) is 8.93. The first-order valence-corrected chi connectivity index (χ1v) is 11.2. The number of carbonyl (C=O) groups excluding carboxylic acids is 1. The Morgan fingerprint density at radius 1 is 1.07 bits per heavy atom. The van der Waals surface area contributed by atoms with E-state index in [1.807, 2.05) is 0 Å². The predicted molar refractivity (Wildman–Crippen MR) is 119 cm³/mol. The molecule has 0 bridgehead atoms. The lowest BCUT2D eigenvalue weighted by Crippen LogP contribution is -2.46. The van der Waals surface area contributed by atoms with Gasteiger partial charge in [0.15, 0.2) is 5.96 Å². The molecule has 0 aromatic heterocycles. The number of piperidine rings is 1. The second-order valence-corrected chi connectivity index (χ2v) is 8.28. The van der Waals surface area contributed by atoms with E-state index in [2.05, 4.69) is 51.6 Å². The highest BCUT2D eigenvalue weighted by molar-refractivity contribution is 5.80. The number of likely N-dealkylation sites (tertiary alicyclic amines) is 2. The number of carbonyl (C=O) groups is 1. The van der Waals surface area contributed by atoms with Gasteiger partial charge in [-0.1, -0.05) is 24.3 Å². The molecular formula is C23H37N5O. The van der Waals surface area contributed by atoms with E-state index in [1.54, 1.807) is 7.05 Å². The first-order chi connectivity index (χ1) is 14.2. The van der Waals surface area contributed by atoms with Crippen LogP contribution in [0, 0.1) is 5.92 Å². The van der Waals surface area contributed by atoms with Crippen molar-refractivity contribution in [3.63, 3.8) is 0 Å². The highest BCUT2D eigenvalue weighted by atomic mass is 16.1. The molecule has 0 saturated carbocycles. The van der Waals surface area contributed by atoms with Gasteiger partial charge in [0.2, 0.25) is 5.91 Å². The van der Waals surface area contributed by atoms with Gasteiger partial charge in [-0.15, -0.1) is 0 Å². The van der Waals surface area contributed by atoms with E-state index in [0.717, 1.165) is 45.0 Å². The van der Waals surface area contributed by atoms with Crippen LogP contribution in [0.15, 0.2) is 29.3 Å². The van der Waals surface area contributed by atoms with Crippen LogP contribution in [0.2, 0.25) is 0 Å². The number of benzene rings is 1. The molecule has 6 nitrogen and oxygen atoms in total. The standard InChI is InChI=1S/C23H37N5O/c1-3-25-23(28-14-10-19(11-15-28)16-22(29)24-2)26-17-20-6-8-21(9-7-20)18-27-12-4-5-13-27/h6-9,19H,3-5,10-18H2,1-2H3,(H,24,29)(H,25,26). The van der Waals surface area contributed by atoms with Crippen molar-refractivity contribution in [1.29, 1.82) is 0 Å². The molecule has 29 heavy (non-hydrogen) atoms. The van der Waals surface area contributed by atoms with Gasteiger partial charge in [-0.2, -0.15) is 0 Å². The molecule has 6 heteroatoms. The third-order valence-electron chi connectivity index (χ3n) is 6.04. The van der Waals surface area contributed by atoms with Crippen molar-refractivity contribution in [3.05, 3.63) is 35.4 Å². The predicted octanol–water partition coefficient (Wildman–Crippen LogP) is 2.60. The van der Waals surface area contributed by atoms with Crippen molar-refractivity contribution < 1.29 is 4.79 Å². The first kappa shape index (κ1) is 21.6. The summed E-state index contributed by atoms with van der Waals surface area (Å²) in [6.45, 7) is 9.13. The van der Waals surface area contributed by atoms with Crippen molar-refractivity contribution in [2.75, 3.05) is 39.8 Å². The summed E-state index contributed by atoms with van der Waals surface area (Å²) in [5.74, 6) is 1.63. The molecule has 0 aliphatic carbocycles. The molecule has 1 amide bonds. The van der Waals surface area contributed by atoms with Gasteiger partial charge in [0, 0.05) is 39.6 Å². The Hall–Kier alpha value is -2.08. The normalized spacial score (nSPS) is 18.8. The van der Waals surface area contributed by atoms with E-state index in [0.29, 0.717) is 18.9 Å². The van der Waals surface area contributed by atoms with Gasteiger partial charge >= 0.3 is 0 Å². The van der Waals surface area contributed by atoms with Crippen molar-refractivity contribution in [2.45, 2.75) is 52.1 Å². The van der Waals surface area contributed by atoms with Crippen molar-refractivity contribution in [3.8, 4) is 0 Å². The molecule has 0 radical (unpaired) electrons. The maximum atomic E-state index is 11.6. The maximum Gasteiger partial charge on any atom is 0.220 e. The number of amides is 1. The van der Waals surface area contributed by atoms with Crippen LogP contribution in [-0.2, 0) is 17.9 Å². The average Bonchev–Trinajstić information content (AvgIpc) is 3.26. The fourth-order valence-electron chi connectivity index (χ4n) is 4.25. The Morgan fingerprint density at radius 3 is 2.34 bits per heavy atom. The molecule has 0 atom stereocenters. The van der Waals surface area contributed by atoms with Gasteiger partial charge in [-0.3, -0.25) is 9.69 Å². The van der Waals surface area contributed by atoms with Gasteiger partial charge in [0.25, 0.3) is 0 Å². The number of aliphatic imine (C=N–C) groups is 1. The lowest BCUT2D eigenvalue weighted by Gasteiger charge is -2.34. The summed E-state index contributed by atoms with van der Waals surface area (Å²) in [4.78, 5) is 21.4. The van der Waals surface area contributed by atoms with Crippen LogP contribution in [0.4, 0.5) is 0 Å². The molecule has 2 saturated heterocycles. The number of hydrogen-bond donors (Lipinski definition) is 2. The highest BCUT2D eigenvalue weighted by Crippen LogP contribution is 2.20. The maximum absolute atomic E-state index is 11.6. The van der Waals surface area contributed by atoms with Crippen LogP contribution in [0.1, 0.15) is 50.2 Å². The van der Waals surface area contributed by atoms with Crippen molar-refractivity contribution in [2.24, 2.45) is 10.9 Å². The molecule has 160 valence electrons. The van der Waals surface area contributed by atoms with Crippen molar-refractivity contribution in [1.82, 2.24) is 20.4 Å². The van der Waals surface area contributed by atoms with Crippen LogP contribution in [-0.4, -0.2) is 61.4 Å². The quantitative estimate of drug-likeness (QED) is 0.547. The molecular weight excluding hydrogens is 362 g/mol. The molecule has 2 heterocycles. The minimum absolute atomic E-state index is 0.150. The summed E-state index contributed by atoms with van der Waals surface area (Å²) >= 11 is 0. The van der Waals surface area contributed by atoms with E-state index in [9.17, 15) is 4.79 Å². The minimum Gasteiger partial charge on any atom is -0.359 e. The van der Waals surface area contributed by atoms with Gasteiger partial charge in [-0.25, -0.2) is 4.99 Å². The van der Waals surface area contributed by atoms with Crippen LogP contribution in [0.3, 0.4) is 0 Å². The Labute approximate surface area is 175 Å². The SMILES string of the molecule is CCNC(=NCc1ccc(CN2CCCC2)cc1)N1CCC(CC(=O)NC)CC1. The number of rotatable bonds is 7. The zero-order valence-electron chi connectivity index (χ0n) is 18.1. The van der Waals surface area contributed by atoms with Crippen LogP contribution >= 0.6 is 0 Å². The van der Waals surface area contributed by atoms with E-state index < -0.39 is 0 Å². The zero-order valence-corrected chi connectivity index (χ0v) is 18.1. The fraction of sp³-hybridized carbons (Fsp3) is 0.652. The van der Waals surface area contributed by atoms with Crippen LogP contribution in [0.5, 0.6) is 0 Å². The lowest BCUT2D eigenvalue weighted by molar-refractivity contribution is -0.121. The molecule has 2 aliphatic heterocycles. The molecule has 3 rings (SSSR count). The minimum atomic E-state index is 0.150. The number of nitrogens with one attached hydrogen (secondary N) is 2. The molecule has 0 spiro atoms. The third kappa shape index (κ3) is 6.74. The number of guanidine groups is 1. The molecule has 1 aromatic carbocycles. The molecule has 2 N–H and O–H groups in total. The van der Waals surface area contributed by atoms with Gasteiger partial charge < -0.3 is 15.5 Å². The average molecular weight is 400 g/mol. The summed E-state index contributed by atoms with van der Waals surface area (Å²) < 4.78 is 0. The van der Waals surface area contributed by atoms with E-state index in [4.69, 9.17) is 4.99 Å². The van der Waals surface area contributed by atoms with Crippen LogP contribution in [0.25, 0.3) is 0 Å². The fourth-order valence-corrected chi connectivity index (χ4v) is 4.25. The molecule has 2 fully saturated rings. The topological polar surface area (TPSA) is 60.0 Å². The third-order valence-corrected chi connectivity index (χ3v) is 6.04. The lowest BCUT2D eigenvalue weighted by atomic mass is 9.93. The molecule has 1 aromatic rings. The largest absolute Gasteiger partial charge is 0.359 e. The monoisotopic (exact) mass is 399 g/mol. The Morgan fingerprint density at radius 2 is 1.72 bits per heavy atom. The Kier molecular flexibility index (Phi) is 8.35. The van der Waals surface area contributed by atoms with Crippen molar-refractivity contribution >= 4 is 11.9 Å². The second kappa shape index (κ2) is 11.2. The smallest absolute Gasteiger partial charge is 0.220 e. The summed E-state index contributed by atoms with van der Waals surface area (Å²) in [5, 5.41) is 6.18. The number of nitrogens with zero attached hydrogens (tertiary/aromatic N) is 3.